The van der Waals surface area contributed by atoms with Crippen LogP contribution in [0.1, 0.15) is 5.82 Å². The van der Waals surface area contributed by atoms with Gasteiger partial charge in [-0.3, -0.25) is 4.79 Å². The molecule has 0 fully saturated rings. The summed E-state index contributed by atoms with van der Waals surface area (Å²) in [7, 11) is 1.60. The van der Waals surface area contributed by atoms with Crippen molar-refractivity contribution >= 4 is 0 Å². The summed E-state index contributed by atoms with van der Waals surface area (Å²) >= 11 is 0. The second-order valence-electron chi connectivity index (χ2n) is 4.26. The number of ether oxygens (including phenoxy) is 1. The van der Waals surface area contributed by atoms with Gasteiger partial charge in [0, 0.05) is 17.8 Å². The van der Waals surface area contributed by atoms with Crippen molar-refractivity contribution in [3.8, 4) is 17.2 Å². The average molecular weight is 284 g/mol. The molecule has 0 N–H and O–H groups in total. The van der Waals surface area contributed by atoms with E-state index < -0.39 is 0 Å². The first-order chi connectivity index (χ1) is 10.3. The Labute approximate surface area is 119 Å². The van der Waals surface area contributed by atoms with E-state index in [2.05, 4.69) is 15.2 Å². The van der Waals surface area contributed by atoms with Crippen LogP contribution in [-0.4, -0.2) is 27.0 Å². The SMILES string of the molecule is COc1ccc(-c2nc(Cn3ncccc3=O)no2)cc1. The first kappa shape index (κ1) is 13.0. The van der Waals surface area contributed by atoms with Crippen LogP contribution < -0.4 is 10.3 Å². The van der Waals surface area contributed by atoms with Crippen molar-refractivity contribution in [2.45, 2.75) is 6.54 Å². The van der Waals surface area contributed by atoms with Gasteiger partial charge in [-0.25, -0.2) is 4.68 Å². The van der Waals surface area contributed by atoms with E-state index in [9.17, 15) is 4.79 Å². The van der Waals surface area contributed by atoms with Crippen molar-refractivity contribution in [2.24, 2.45) is 0 Å². The fourth-order valence-electron chi connectivity index (χ4n) is 1.81. The molecule has 0 aliphatic heterocycles. The molecule has 0 saturated heterocycles. The van der Waals surface area contributed by atoms with E-state index >= 15 is 0 Å². The van der Waals surface area contributed by atoms with Gasteiger partial charge in [0.1, 0.15) is 12.3 Å². The quantitative estimate of drug-likeness (QED) is 0.719. The van der Waals surface area contributed by atoms with Gasteiger partial charge >= 0.3 is 0 Å². The van der Waals surface area contributed by atoms with E-state index in [0.29, 0.717) is 11.7 Å². The number of benzene rings is 1. The van der Waals surface area contributed by atoms with E-state index in [4.69, 9.17) is 9.26 Å². The molecule has 21 heavy (non-hydrogen) atoms. The molecule has 2 aromatic heterocycles. The number of nitrogens with zero attached hydrogens (tertiary/aromatic N) is 4. The van der Waals surface area contributed by atoms with E-state index in [-0.39, 0.29) is 12.1 Å². The smallest absolute Gasteiger partial charge is 0.267 e. The van der Waals surface area contributed by atoms with Crippen molar-refractivity contribution in [1.82, 2.24) is 19.9 Å². The zero-order chi connectivity index (χ0) is 14.7. The molecule has 7 heteroatoms. The summed E-state index contributed by atoms with van der Waals surface area (Å²) < 4.78 is 11.5. The van der Waals surface area contributed by atoms with Crippen molar-refractivity contribution < 1.29 is 9.26 Å². The molecule has 1 aromatic carbocycles. The van der Waals surface area contributed by atoms with Crippen LogP contribution in [0.3, 0.4) is 0 Å². The molecule has 0 spiro atoms. The average Bonchev–Trinajstić information content (AvgIpc) is 2.98. The van der Waals surface area contributed by atoms with Crippen LogP contribution >= 0.6 is 0 Å². The Balaban J connectivity index is 1.83. The Morgan fingerprint density at radius 1 is 1.24 bits per heavy atom. The third-order valence-electron chi connectivity index (χ3n) is 2.88. The first-order valence-corrected chi connectivity index (χ1v) is 6.25. The minimum atomic E-state index is -0.215. The number of rotatable bonds is 4. The molecule has 3 aromatic rings. The highest BCUT2D eigenvalue weighted by atomic mass is 16.5. The van der Waals surface area contributed by atoms with Gasteiger partial charge in [0.15, 0.2) is 5.82 Å². The molecule has 3 rings (SSSR count). The third-order valence-corrected chi connectivity index (χ3v) is 2.88. The third kappa shape index (κ3) is 2.81. The Morgan fingerprint density at radius 3 is 2.76 bits per heavy atom. The standard InChI is InChI=1S/C14H12N4O3/c1-20-11-6-4-10(5-7-11)14-16-12(17-21-14)9-18-13(19)3-2-8-15-18/h2-8H,9H2,1H3. The zero-order valence-electron chi connectivity index (χ0n) is 11.3. The fourth-order valence-corrected chi connectivity index (χ4v) is 1.81. The van der Waals surface area contributed by atoms with Crippen LogP contribution in [0.15, 0.2) is 51.9 Å². The maximum absolute atomic E-state index is 11.6. The van der Waals surface area contributed by atoms with Gasteiger partial charge in [-0.15, -0.1) is 0 Å². The van der Waals surface area contributed by atoms with Crippen molar-refractivity contribution in [2.75, 3.05) is 7.11 Å². The molecular formula is C14H12N4O3. The minimum absolute atomic E-state index is 0.166. The number of hydrogen-bond acceptors (Lipinski definition) is 6. The Bertz CT molecular complexity index is 792. The predicted molar refractivity (Wildman–Crippen MR) is 73.9 cm³/mol. The van der Waals surface area contributed by atoms with Gasteiger partial charge in [-0.05, 0) is 30.3 Å². The number of hydrogen-bond donors (Lipinski definition) is 0. The molecule has 0 bridgehead atoms. The summed E-state index contributed by atoms with van der Waals surface area (Å²) in [6, 6.07) is 10.3. The molecule has 0 aliphatic rings. The monoisotopic (exact) mass is 284 g/mol. The number of aromatic nitrogens is 4. The van der Waals surface area contributed by atoms with E-state index in [1.54, 1.807) is 13.2 Å². The Hall–Kier alpha value is -2.96. The highest BCUT2D eigenvalue weighted by Gasteiger charge is 2.10. The molecule has 0 aliphatic carbocycles. The predicted octanol–water partition coefficient (Wildman–Crippen LogP) is 1.35. The first-order valence-electron chi connectivity index (χ1n) is 6.25. The highest BCUT2D eigenvalue weighted by molar-refractivity contribution is 5.54. The lowest BCUT2D eigenvalue weighted by atomic mass is 10.2. The molecule has 106 valence electrons. The van der Waals surface area contributed by atoms with Crippen molar-refractivity contribution in [3.05, 3.63) is 58.8 Å². The Kier molecular flexibility index (Phi) is 3.46. The maximum Gasteiger partial charge on any atom is 0.267 e. The lowest BCUT2D eigenvalue weighted by Crippen LogP contribution is -2.22. The largest absolute Gasteiger partial charge is 0.497 e. The molecule has 0 saturated carbocycles. The minimum Gasteiger partial charge on any atom is -0.497 e. The van der Waals surface area contributed by atoms with Gasteiger partial charge in [-0.1, -0.05) is 5.16 Å². The van der Waals surface area contributed by atoms with Crippen LogP contribution in [0, 0.1) is 0 Å². The lowest BCUT2D eigenvalue weighted by Gasteiger charge is -1.99. The summed E-state index contributed by atoms with van der Waals surface area (Å²) in [4.78, 5) is 15.8. The van der Waals surface area contributed by atoms with Crippen LogP contribution in [0.4, 0.5) is 0 Å². The maximum atomic E-state index is 11.6. The zero-order valence-corrected chi connectivity index (χ0v) is 11.3. The summed E-state index contributed by atoms with van der Waals surface area (Å²) in [5.74, 6) is 1.52. The number of methoxy groups -OCH3 is 1. The van der Waals surface area contributed by atoms with Crippen molar-refractivity contribution in [3.63, 3.8) is 0 Å². The van der Waals surface area contributed by atoms with Crippen LogP contribution in [0.2, 0.25) is 0 Å². The van der Waals surface area contributed by atoms with Crippen LogP contribution in [-0.2, 0) is 6.54 Å². The van der Waals surface area contributed by atoms with E-state index in [1.165, 1.54) is 16.9 Å². The second-order valence-corrected chi connectivity index (χ2v) is 4.26. The summed E-state index contributed by atoms with van der Waals surface area (Å²) in [6.07, 6.45) is 1.53. The molecule has 0 unspecified atom stereocenters. The van der Waals surface area contributed by atoms with Crippen LogP contribution in [0.25, 0.3) is 11.5 Å². The topological polar surface area (TPSA) is 83.0 Å². The summed E-state index contributed by atoms with van der Waals surface area (Å²) in [5, 5.41) is 7.80. The Morgan fingerprint density at radius 2 is 2.05 bits per heavy atom. The van der Waals surface area contributed by atoms with E-state index in [0.717, 1.165) is 11.3 Å². The van der Waals surface area contributed by atoms with Gasteiger partial charge < -0.3 is 9.26 Å². The molecule has 0 radical (unpaired) electrons. The van der Waals surface area contributed by atoms with Crippen LogP contribution in [0.5, 0.6) is 5.75 Å². The molecule has 7 nitrogen and oxygen atoms in total. The highest BCUT2D eigenvalue weighted by Crippen LogP contribution is 2.20. The summed E-state index contributed by atoms with van der Waals surface area (Å²) in [5.41, 5.74) is 0.566. The van der Waals surface area contributed by atoms with Crippen molar-refractivity contribution in [1.29, 1.82) is 0 Å². The fraction of sp³-hybridized carbons (Fsp3) is 0.143. The van der Waals surface area contributed by atoms with E-state index in [1.807, 2.05) is 24.3 Å². The van der Waals surface area contributed by atoms with Gasteiger partial charge in [0.2, 0.25) is 0 Å². The van der Waals surface area contributed by atoms with Gasteiger partial charge in [0.25, 0.3) is 11.4 Å². The molecular weight excluding hydrogens is 272 g/mol. The molecule has 0 amide bonds. The summed E-state index contributed by atoms with van der Waals surface area (Å²) in [6.45, 7) is 0.166. The van der Waals surface area contributed by atoms with Gasteiger partial charge in [-0.2, -0.15) is 10.1 Å². The normalized spacial score (nSPS) is 10.5. The lowest BCUT2D eigenvalue weighted by molar-refractivity contribution is 0.413. The molecule has 2 heterocycles. The second kappa shape index (κ2) is 5.58. The van der Waals surface area contributed by atoms with Gasteiger partial charge in [0.05, 0.1) is 7.11 Å². The molecule has 0 atom stereocenters.